The van der Waals surface area contributed by atoms with Gasteiger partial charge in [-0.05, 0) is 30.7 Å². The molecular formula is C16H23FN2O3. The molecule has 0 aliphatic carbocycles. The second kappa shape index (κ2) is 8.70. The summed E-state index contributed by atoms with van der Waals surface area (Å²) in [6, 6.07) is 5.69. The van der Waals surface area contributed by atoms with E-state index in [9.17, 15) is 9.18 Å². The van der Waals surface area contributed by atoms with E-state index in [4.69, 9.17) is 9.47 Å². The van der Waals surface area contributed by atoms with Crippen molar-refractivity contribution in [3.8, 4) is 5.75 Å². The third-order valence-corrected chi connectivity index (χ3v) is 3.59. The van der Waals surface area contributed by atoms with Crippen molar-refractivity contribution < 1.29 is 18.7 Å². The van der Waals surface area contributed by atoms with E-state index >= 15 is 0 Å². The van der Waals surface area contributed by atoms with Crippen LogP contribution in [0.3, 0.4) is 0 Å². The predicted molar refractivity (Wildman–Crippen MR) is 81.4 cm³/mol. The Labute approximate surface area is 130 Å². The van der Waals surface area contributed by atoms with Crippen LogP contribution in [0, 0.1) is 5.82 Å². The highest BCUT2D eigenvalue weighted by atomic mass is 19.1. The molecule has 1 atom stereocenters. The molecule has 6 heteroatoms. The SMILES string of the molecule is CC[C@@H](Oc1ccc(F)cc1)C(=O)NCCN1CCOCC1. The Kier molecular flexibility index (Phi) is 6.61. The number of benzene rings is 1. The smallest absolute Gasteiger partial charge is 0.261 e. The Balaban J connectivity index is 1.74. The van der Waals surface area contributed by atoms with Crippen molar-refractivity contribution in [3.63, 3.8) is 0 Å². The molecule has 1 aromatic rings. The second-order valence-corrected chi connectivity index (χ2v) is 5.21. The van der Waals surface area contributed by atoms with Gasteiger partial charge in [-0.3, -0.25) is 9.69 Å². The molecule has 0 bridgehead atoms. The number of hydrogen-bond acceptors (Lipinski definition) is 4. The lowest BCUT2D eigenvalue weighted by molar-refractivity contribution is -0.128. The highest BCUT2D eigenvalue weighted by molar-refractivity contribution is 5.81. The molecule has 22 heavy (non-hydrogen) atoms. The first kappa shape index (κ1) is 16.7. The van der Waals surface area contributed by atoms with E-state index in [1.165, 1.54) is 24.3 Å². The summed E-state index contributed by atoms with van der Waals surface area (Å²) in [5.41, 5.74) is 0. The molecule has 0 radical (unpaired) electrons. The maximum absolute atomic E-state index is 12.9. The predicted octanol–water partition coefficient (Wildman–Crippen LogP) is 1.43. The van der Waals surface area contributed by atoms with Crippen molar-refractivity contribution in [1.82, 2.24) is 10.2 Å². The summed E-state index contributed by atoms with van der Waals surface area (Å²) < 4.78 is 23.8. The van der Waals surface area contributed by atoms with E-state index in [0.29, 0.717) is 18.7 Å². The molecule has 1 aliphatic rings. The van der Waals surface area contributed by atoms with Gasteiger partial charge in [-0.25, -0.2) is 4.39 Å². The van der Waals surface area contributed by atoms with E-state index < -0.39 is 6.10 Å². The van der Waals surface area contributed by atoms with Crippen molar-refractivity contribution in [3.05, 3.63) is 30.1 Å². The summed E-state index contributed by atoms with van der Waals surface area (Å²) in [5, 5.41) is 2.89. The van der Waals surface area contributed by atoms with Crippen LogP contribution >= 0.6 is 0 Å². The van der Waals surface area contributed by atoms with E-state index in [1.54, 1.807) is 0 Å². The van der Waals surface area contributed by atoms with E-state index in [-0.39, 0.29) is 11.7 Å². The minimum atomic E-state index is -0.560. The molecule has 2 rings (SSSR count). The van der Waals surface area contributed by atoms with Gasteiger partial charge in [0.05, 0.1) is 13.2 Å². The van der Waals surface area contributed by atoms with Gasteiger partial charge in [0, 0.05) is 26.2 Å². The first-order chi connectivity index (χ1) is 10.7. The third-order valence-electron chi connectivity index (χ3n) is 3.59. The lowest BCUT2D eigenvalue weighted by atomic mass is 10.2. The zero-order valence-corrected chi connectivity index (χ0v) is 12.9. The lowest BCUT2D eigenvalue weighted by Gasteiger charge is -2.26. The second-order valence-electron chi connectivity index (χ2n) is 5.21. The molecule has 5 nitrogen and oxygen atoms in total. The summed E-state index contributed by atoms with van der Waals surface area (Å²) in [6.07, 6.45) is -0.00373. The van der Waals surface area contributed by atoms with Crippen LogP contribution in [-0.4, -0.2) is 56.3 Å². The molecule has 122 valence electrons. The number of halogens is 1. The quantitative estimate of drug-likeness (QED) is 0.828. The summed E-state index contributed by atoms with van der Waals surface area (Å²) >= 11 is 0. The van der Waals surface area contributed by atoms with Gasteiger partial charge in [0.15, 0.2) is 6.10 Å². The number of rotatable bonds is 7. The monoisotopic (exact) mass is 310 g/mol. The number of carbonyl (C=O) groups excluding carboxylic acids is 1. The maximum atomic E-state index is 12.9. The Bertz CT molecular complexity index is 461. The van der Waals surface area contributed by atoms with Crippen molar-refractivity contribution in [1.29, 1.82) is 0 Å². The van der Waals surface area contributed by atoms with Crippen LogP contribution in [0.25, 0.3) is 0 Å². The number of hydrogen-bond donors (Lipinski definition) is 1. The Morgan fingerprint density at radius 2 is 2.05 bits per heavy atom. The van der Waals surface area contributed by atoms with Crippen molar-refractivity contribution in [2.45, 2.75) is 19.4 Å². The fourth-order valence-corrected chi connectivity index (χ4v) is 2.28. The lowest BCUT2D eigenvalue weighted by Crippen LogP contribution is -2.44. The van der Waals surface area contributed by atoms with Crippen molar-refractivity contribution in [2.24, 2.45) is 0 Å². The minimum absolute atomic E-state index is 0.139. The van der Waals surface area contributed by atoms with E-state index in [1.807, 2.05) is 6.92 Å². The van der Waals surface area contributed by atoms with Crippen LogP contribution in [0.15, 0.2) is 24.3 Å². The van der Waals surface area contributed by atoms with Crippen LogP contribution < -0.4 is 10.1 Å². The molecule has 1 N–H and O–H groups in total. The number of amides is 1. The standard InChI is InChI=1S/C16H23FN2O3/c1-2-15(22-14-5-3-13(17)4-6-14)16(20)18-7-8-19-9-11-21-12-10-19/h3-6,15H,2,7-12H2,1H3,(H,18,20)/t15-/m1/s1. The Morgan fingerprint density at radius 1 is 1.36 bits per heavy atom. The highest BCUT2D eigenvalue weighted by Crippen LogP contribution is 2.14. The van der Waals surface area contributed by atoms with Crippen molar-refractivity contribution in [2.75, 3.05) is 39.4 Å². The molecule has 0 spiro atoms. The molecule has 1 heterocycles. The molecule has 1 aromatic carbocycles. The Hall–Kier alpha value is -1.66. The largest absolute Gasteiger partial charge is 0.481 e. The number of morpholine rings is 1. The van der Waals surface area contributed by atoms with Gasteiger partial charge in [0.25, 0.3) is 5.91 Å². The summed E-state index contributed by atoms with van der Waals surface area (Å²) in [6.45, 7) is 6.58. The van der Waals surface area contributed by atoms with Gasteiger partial charge >= 0.3 is 0 Å². The molecule has 1 fully saturated rings. The topological polar surface area (TPSA) is 50.8 Å². The van der Waals surface area contributed by atoms with Crippen LogP contribution in [0.2, 0.25) is 0 Å². The van der Waals surface area contributed by atoms with Gasteiger partial charge < -0.3 is 14.8 Å². The summed E-state index contributed by atoms with van der Waals surface area (Å²) in [4.78, 5) is 14.4. The molecule has 0 unspecified atom stereocenters. The van der Waals surface area contributed by atoms with Crippen LogP contribution in [0.1, 0.15) is 13.3 Å². The first-order valence-corrected chi connectivity index (χ1v) is 7.69. The fourth-order valence-electron chi connectivity index (χ4n) is 2.28. The average Bonchev–Trinajstić information content (AvgIpc) is 2.55. The third kappa shape index (κ3) is 5.27. The van der Waals surface area contributed by atoms with Gasteiger partial charge in [0.2, 0.25) is 0 Å². The molecule has 1 saturated heterocycles. The number of nitrogens with one attached hydrogen (secondary N) is 1. The molecule has 1 aliphatic heterocycles. The molecular weight excluding hydrogens is 287 g/mol. The minimum Gasteiger partial charge on any atom is -0.481 e. The zero-order chi connectivity index (χ0) is 15.8. The average molecular weight is 310 g/mol. The van der Waals surface area contributed by atoms with Crippen LogP contribution in [0.5, 0.6) is 5.75 Å². The first-order valence-electron chi connectivity index (χ1n) is 7.69. The van der Waals surface area contributed by atoms with Gasteiger partial charge in [-0.15, -0.1) is 0 Å². The Morgan fingerprint density at radius 3 is 2.68 bits per heavy atom. The summed E-state index contributed by atoms with van der Waals surface area (Å²) in [5.74, 6) is 0.0343. The normalized spacial score (nSPS) is 17.0. The van der Waals surface area contributed by atoms with Crippen molar-refractivity contribution >= 4 is 5.91 Å². The zero-order valence-electron chi connectivity index (χ0n) is 12.9. The van der Waals surface area contributed by atoms with Gasteiger partial charge in [-0.1, -0.05) is 6.92 Å². The molecule has 0 aromatic heterocycles. The number of nitrogens with zero attached hydrogens (tertiary/aromatic N) is 1. The molecule has 1 amide bonds. The fraction of sp³-hybridized carbons (Fsp3) is 0.562. The number of ether oxygens (including phenoxy) is 2. The van der Waals surface area contributed by atoms with E-state index in [0.717, 1.165) is 32.8 Å². The summed E-state index contributed by atoms with van der Waals surface area (Å²) in [7, 11) is 0. The van der Waals surface area contributed by atoms with E-state index in [2.05, 4.69) is 10.2 Å². The highest BCUT2D eigenvalue weighted by Gasteiger charge is 2.18. The van der Waals surface area contributed by atoms with Gasteiger partial charge in [-0.2, -0.15) is 0 Å². The van der Waals surface area contributed by atoms with Crippen LogP contribution in [-0.2, 0) is 9.53 Å². The van der Waals surface area contributed by atoms with Gasteiger partial charge in [0.1, 0.15) is 11.6 Å². The van der Waals surface area contributed by atoms with Crippen LogP contribution in [0.4, 0.5) is 4.39 Å². The maximum Gasteiger partial charge on any atom is 0.261 e. The number of carbonyl (C=O) groups is 1. The molecule has 0 saturated carbocycles.